The summed E-state index contributed by atoms with van der Waals surface area (Å²) in [5.41, 5.74) is 0. The van der Waals surface area contributed by atoms with Gasteiger partial charge in [-0.15, -0.1) is 11.3 Å². The zero-order valence-corrected chi connectivity index (χ0v) is 13.8. The molecule has 0 bridgehead atoms. The Labute approximate surface area is 135 Å². The lowest BCUT2D eigenvalue weighted by Gasteiger charge is -2.16. The van der Waals surface area contributed by atoms with E-state index in [1.807, 2.05) is 0 Å². The van der Waals surface area contributed by atoms with Crippen LogP contribution < -0.4 is 0 Å². The van der Waals surface area contributed by atoms with Crippen molar-refractivity contribution in [2.45, 2.75) is 39.0 Å². The van der Waals surface area contributed by atoms with E-state index < -0.39 is 5.97 Å². The second-order valence-electron chi connectivity index (χ2n) is 6.61. The Bertz CT molecular complexity index is 564. The molecule has 1 aliphatic carbocycles. The lowest BCUT2D eigenvalue weighted by atomic mass is 9.92. The fraction of sp³-hybridized carbons (Fsp3) is 0.647. The van der Waals surface area contributed by atoms with Crippen LogP contribution in [-0.4, -0.2) is 35.0 Å². The first-order chi connectivity index (χ1) is 10.5. The van der Waals surface area contributed by atoms with E-state index in [2.05, 4.69) is 19.1 Å². The highest BCUT2D eigenvalue weighted by atomic mass is 32.1. The van der Waals surface area contributed by atoms with Crippen LogP contribution in [0.25, 0.3) is 0 Å². The number of carbonyl (C=O) groups excluding carboxylic acids is 1. The highest BCUT2D eigenvalue weighted by Gasteiger charge is 2.46. The van der Waals surface area contributed by atoms with Gasteiger partial charge in [0.25, 0.3) is 0 Å². The summed E-state index contributed by atoms with van der Waals surface area (Å²) in [6, 6.07) is 4.24. The van der Waals surface area contributed by atoms with Gasteiger partial charge in [-0.2, -0.15) is 0 Å². The molecule has 0 aromatic carbocycles. The molecule has 2 fully saturated rings. The largest absolute Gasteiger partial charge is 0.481 e. The van der Waals surface area contributed by atoms with Crippen molar-refractivity contribution in [3.63, 3.8) is 0 Å². The van der Waals surface area contributed by atoms with Gasteiger partial charge in [0.2, 0.25) is 5.91 Å². The minimum absolute atomic E-state index is 0.127. The predicted molar refractivity (Wildman–Crippen MR) is 85.9 cm³/mol. The van der Waals surface area contributed by atoms with E-state index in [4.69, 9.17) is 0 Å². The maximum Gasteiger partial charge on any atom is 0.308 e. The molecule has 22 heavy (non-hydrogen) atoms. The molecule has 1 aliphatic heterocycles. The lowest BCUT2D eigenvalue weighted by molar-refractivity contribution is -0.142. The molecule has 0 spiro atoms. The van der Waals surface area contributed by atoms with Crippen LogP contribution in [0.1, 0.15) is 35.4 Å². The summed E-state index contributed by atoms with van der Waals surface area (Å²) in [5, 5.41) is 9.35. The fourth-order valence-corrected chi connectivity index (χ4v) is 4.42. The molecule has 2 aliphatic rings. The van der Waals surface area contributed by atoms with Crippen LogP contribution in [-0.2, 0) is 16.0 Å². The lowest BCUT2D eigenvalue weighted by Crippen LogP contribution is -2.29. The number of aliphatic carboxylic acids is 1. The third-order valence-corrected chi connectivity index (χ3v) is 5.93. The maximum absolute atomic E-state index is 12.3. The van der Waals surface area contributed by atoms with Gasteiger partial charge in [0, 0.05) is 29.3 Å². The van der Waals surface area contributed by atoms with E-state index in [1.54, 1.807) is 16.2 Å². The van der Waals surface area contributed by atoms with Gasteiger partial charge in [0.1, 0.15) is 0 Å². The number of hydrogen-bond acceptors (Lipinski definition) is 3. The quantitative estimate of drug-likeness (QED) is 0.876. The standard InChI is InChI=1S/C17H23NO3S/c1-11-5-8-13(22-11)3-2-4-16(19)18-9-14(12-6-7-12)15(10-18)17(20)21/h5,8,12,14-15H,2-4,6-7,9-10H2,1H3,(H,20,21)/t14-,15+/m1/s1. The van der Waals surface area contributed by atoms with Crippen LogP contribution in [0.3, 0.4) is 0 Å². The molecule has 0 radical (unpaired) electrons. The molecule has 120 valence electrons. The molecule has 1 saturated heterocycles. The van der Waals surface area contributed by atoms with Crippen LogP contribution in [0.5, 0.6) is 0 Å². The first kappa shape index (κ1) is 15.5. The van der Waals surface area contributed by atoms with Crippen LogP contribution >= 0.6 is 11.3 Å². The minimum Gasteiger partial charge on any atom is -0.481 e. The number of likely N-dealkylation sites (tertiary alicyclic amines) is 1. The molecule has 1 aromatic rings. The molecule has 3 rings (SSSR count). The number of carboxylic acid groups (broad SMARTS) is 1. The summed E-state index contributed by atoms with van der Waals surface area (Å²) >= 11 is 1.79. The summed E-state index contributed by atoms with van der Waals surface area (Å²) in [5.74, 6) is -0.241. The third-order valence-electron chi connectivity index (χ3n) is 4.87. The third kappa shape index (κ3) is 3.51. The van der Waals surface area contributed by atoms with Crippen molar-refractivity contribution in [3.8, 4) is 0 Å². The van der Waals surface area contributed by atoms with Crippen LogP contribution in [0.15, 0.2) is 12.1 Å². The number of rotatable bonds is 6. The van der Waals surface area contributed by atoms with Crippen molar-refractivity contribution in [1.29, 1.82) is 0 Å². The molecule has 5 heteroatoms. The number of amides is 1. The molecule has 1 N–H and O–H groups in total. The van der Waals surface area contributed by atoms with Crippen molar-refractivity contribution in [2.24, 2.45) is 17.8 Å². The maximum atomic E-state index is 12.3. The Morgan fingerprint density at radius 2 is 2.09 bits per heavy atom. The van der Waals surface area contributed by atoms with E-state index in [0.29, 0.717) is 25.4 Å². The van der Waals surface area contributed by atoms with Gasteiger partial charge in [-0.1, -0.05) is 0 Å². The summed E-state index contributed by atoms with van der Waals surface area (Å²) < 4.78 is 0. The second kappa shape index (κ2) is 6.41. The van der Waals surface area contributed by atoms with Crippen LogP contribution in [0.2, 0.25) is 0 Å². The zero-order chi connectivity index (χ0) is 15.7. The van der Waals surface area contributed by atoms with E-state index in [-0.39, 0.29) is 17.7 Å². The molecule has 4 nitrogen and oxygen atoms in total. The molecule has 1 aromatic heterocycles. The Balaban J connectivity index is 1.49. The van der Waals surface area contributed by atoms with Gasteiger partial charge in [-0.3, -0.25) is 9.59 Å². The molecule has 1 amide bonds. The molecular formula is C17H23NO3S. The summed E-state index contributed by atoms with van der Waals surface area (Å²) in [7, 11) is 0. The van der Waals surface area contributed by atoms with Gasteiger partial charge in [0.05, 0.1) is 5.92 Å². The smallest absolute Gasteiger partial charge is 0.308 e. The van der Waals surface area contributed by atoms with Gasteiger partial charge in [-0.25, -0.2) is 0 Å². The Morgan fingerprint density at radius 1 is 1.32 bits per heavy atom. The second-order valence-corrected chi connectivity index (χ2v) is 7.98. The Kier molecular flexibility index (Phi) is 4.52. The Hall–Kier alpha value is -1.36. The molecular weight excluding hydrogens is 298 g/mol. The molecule has 0 unspecified atom stereocenters. The number of hydrogen-bond donors (Lipinski definition) is 1. The highest BCUT2D eigenvalue weighted by molar-refractivity contribution is 7.11. The monoisotopic (exact) mass is 321 g/mol. The SMILES string of the molecule is Cc1ccc(CCCC(=O)N2C[C@H](C(=O)O)[C@@H](C3CC3)C2)s1. The first-order valence-electron chi connectivity index (χ1n) is 8.10. The highest BCUT2D eigenvalue weighted by Crippen LogP contribution is 2.44. The van der Waals surface area contributed by atoms with Gasteiger partial charge in [-0.05, 0) is 56.6 Å². The van der Waals surface area contributed by atoms with Crippen molar-refractivity contribution < 1.29 is 14.7 Å². The normalized spacial score (nSPS) is 24.7. The summed E-state index contributed by atoms with van der Waals surface area (Å²) in [6.45, 7) is 3.15. The fourth-order valence-electron chi connectivity index (χ4n) is 3.49. The van der Waals surface area contributed by atoms with E-state index >= 15 is 0 Å². The average molecular weight is 321 g/mol. The van der Waals surface area contributed by atoms with Gasteiger partial charge >= 0.3 is 5.97 Å². The minimum atomic E-state index is -0.735. The zero-order valence-electron chi connectivity index (χ0n) is 13.0. The topological polar surface area (TPSA) is 57.6 Å². The number of aryl methyl sites for hydroxylation is 2. The van der Waals surface area contributed by atoms with Gasteiger partial charge < -0.3 is 10.0 Å². The molecule has 2 atom stereocenters. The number of carbonyl (C=O) groups is 2. The number of carboxylic acids is 1. The molecule has 2 heterocycles. The van der Waals surface area contributed by atoms with Crippen molar-refractivity contribution in [2.75, 3.05) is 13.1 Å². The van der Waals surface area contributed by atoms with Crippen LogP contribution in [0.4, 0.5) is 0 Å². The average Bonchev–Trinajstić information content (AvgIpc) is 3.08. The predicted octanol–water partition coefficient (Wildman–Crippen LogP) is 2.95. The van der Waals surface area contributed by atoms with Crippen molar-refractivity contribution in [1.82, 2.24) is 4.90 Å². The summed E-state index contributed by atoms with van der Waals surface area (Å²) in [4.78, 5) is 28.1. The number of nitrogens with zero attached hydrogens (tertiary/aromatic N) is 1. The Morgan fingerprint density at radius 3 is 2.68 bits per heavy atom. The van der Waals surface area contributed by atoms with Crippen molar-refractivity contribution >= 4 is 23.2 Å². The van der Waals surface area contributed by atoms with E-state index in [1.165, 1.54) is 9.75 Å². The molecule has 1 saturated carbocycles. The van der Waals surface area contributed by atoms with Gasteiger partial charge in [0.15, 0.2) is 0 Å². The number of thiophene rings is 1. The van der Waals surface area contributed by atoms with E-state index in [9.17, 15) is 14.7 Å². The van der Waals surface area contributed by atoms with Crippen LogP contribution in [0, 0.1) is 24.7 Å². The first-order valence-corrected chi connectivity index (χ1v) is 8.92. The van der Waals surface area contributed by atoms with Crippen molar-refractivity contribution in [3.05, 3.63) is 21.9 Å². The van der Waals surface area contributed by atoms with E-state index in [0.717, 1.165) is 25.7 Å². The summed E-state index contributed by atoms with van der Waals surface area (Å²) in [6.07, 6.45) is 4.58.